The van der Waals surface area contributed by atoms with Crippen molar-refractivity contribution in [1.29, 1.82) is 0 Å². The molecule has 1 fully saturated rings. The van der Waals surface area contributed by atoms with Crippen molar-refractivity contribution in [2.45, 2.75) is 69.7 Å². The van der Waals surface area contributed by atoms with Gasteiger partial charge in [0.1, 0.15) is 0 Å². The van der Waals surface area contributed by atoms with Crippen molar-refractivity contribution in [3.63, 3.8) is 0 Å². The number of hydrogen-bond acceptors (Lipinski definition) is 3. The van der Waals surface area contributed by atoms with Gasteiger partial charge in [0.25, 0.3) is 0 Å². The number of carbonyl (C=O) groups excluding carboxylic acids is 1. The van der Waals surface area contributed by atoms with Crippen LogP contribution in [0.25, 0.3) is 0 Å². The molecule has 3 aromatic rings. The zero-order valence-electron chi connectivity index (χ0n) is 21.5. The Kier molecular flexibility index (Phi) is 8.12. The number of fused-ring (bicyclic) bond motifs is 1. The van der Waals surface area contributed by atoms with Crippen LogP contribution in [-0.2, 0) is 17.6 Å². The highest BCUT2D eigenvalue weighted by Gasteiger charge is 2.33. The van der Waals surface area contributed by atoms with Crippen molar-refractivity contribution in [2.75, 3.05) is 19.6 Å². The summed E-state index contributed by atoms with van der Waals surface area (Å²) in [5, 5.41) is 3.61. The van der Waals surface area contributed by atoms with E-state index in [1.54, 1.807) is 0 Å². The fourth-order valence-electron chi connectivity index (χ4n) is 6.11. The highest BCUT2D eigenvalue weighted by molar-refractivity contribution is 5.77. The van der Waals surface area contributed by atoms with Gasteiger partial charge < -0.3 is 10.2 Å². The molecule has 2 aliphatic rings. The number of nitrogens with zero attached hydrogens (tertiary/aromatic N) is 2. The molecule has 1 amide bonds. The van der Waals surface area contributed by atoms with E-state index in [0.717, 1.165) is 45.3 Å². The molecule has 0 radical (unpaired) electrons. The molecule has 3 atom stereocenters. The van der Waals surface area contributed by atoms with E-state index < -0.39 is 0 Å². The maximum atomic E-state index is 13.4. The molecule has 2 aromatic carbocycles. The summed E-state index contributed by atoms with van der Waals surface area (Å²) in [6, 6.07) is 26.0. The van der Waals surface area contributed by atoms with Gasteiger partial charge in [-0.15, -0.1) is 0 Å². The summed E-state index contributed by atoms with van der Waals surface area (Å²) in [5.74, 6) is 1.26. The lowest BCUT2D eigenvalue weighted by atomic mass is 9.82. The Morgan fingerprint density at radius 3 is 2.47 bits per heavy atom. The Labute approximate surface area is 216 Å². The highest BCUT2D eigenvalue weighted by atomic mass is 16.2. The maximum Gasteiger partial charge on any atom is 0.224 e. The molecule has 4 heteroatoms. The monoisotopic (exact) mass is 481 g/mol. The summed E-state index contributed by atoms with van der Waals surface area (Å²) < 4.78 is 0. The average molecular weight is 482 g/mol. The van der Waals surface area contributed by atoms with E-state index in [2.05, 4.69) is 89.9 Å². The number of carbonyl (C=O) groups is 1. The Morgan fingerprint density at radius 1 is 0.972 bits per heavy atom. The van der Waals surface area contributed by atoms with Crippen LogP contribution in [0.15, 0.2) is 72.8 Å². The molecule has 1 aliphatic heterocycles. The van der Waals surface area contributed by atoms with E-state index in [9.17, 15) is 4.79 Å². The topological polar surface area (TPSA) is 45.2 Å². The van der Waals surface area contributed by atoms with Crippen LogP contribution in [0.5, 0.6) is 0 Å². The van der Waals surface area contributed by atoms with Gasteiger partial charge >= 0.3 is 0 Å². The summed E-state index contributed by atoms with van der Waals surface area (Å²) in [7, 11) is 0. The van der Waals surface area contributed by atoms with Crippen molar-refractivity contribution in [2.24, 2.45) is 0 Å². The fourth-order valence-corrected chi connectivity index (χ4v) is 6.11. The number of aryl methyl sites for hydroxylation is 2. The lowest BCUT2D eigenvalue weighted by Crippen LogP contribution is -2.41. The summed E-state index contributed by atoms with van der Waals surface area (Å²) >= 11 is 0. The minimum atomic E-state index is 0.140. The SMILES string of the molecule is CCc1ccc2c(n1)CCC[C@@H]2CNCCC(=O)N1CC[C@H](c2ccccc2)C[C@@H]1c1ccccc1. The first-order valence-electron chi connectivity index (χ1n) is 13.8. The number of pyridine rings is 1. The first-order valence-corrected chi connectivity index (χ1v) is 13.8. The normalized spacial score (nSPS) is 21.7. The van der Waals surface area contributed by atoms with Crippen molar-refractivity contribution in [1.82, 2.24) is 15.2 Å². The molecular formula is C32H39N3O. The van der Waals surface area contributed by atoms with Gasteiger partial charge in [0.2, 0.25) is 5.91 Å². The van der Waals surface area contributed by atoms with Crippen molar-refractivity contribution in [3.8, 4) is 0 Å². The van der Waals surface area contributed by atoms with Crippen LogP contribution in [0.4, 0.5) is 0 Å². The van der Waals surface area contributed by atoms with Crippen molar-refractivity contribution >= 4 is 5.91 Å². The largest absolute Gasteiger partial charge is 0.336 e. The number of rotatable bonds is 8. The Hall–Kier alpha value is -2.98. The third-order valence-corrected chi connectivity index (χ3v) is 8.12. The lowest BCUT2D eigenvalue weighted by molar-refractivity contribution is -0.135. The molecule has 0 unspecified atom stereocenters. The second kappa shape index (κ2) is 11.8. The van der Waals surface area contributed by atoms with Crippen LogP contribution in [0.1, 0.15) is 85.0 Å². The van der Waals surface area contributed by atoms with Gasteiger partial charge in [0.15, 0.2) is 0 Å². The molecule has 0 spiro atoms. The van der Waals surface area contributed by atoms with Gasteiger partial charge in [-0.25, -0.2) is 0 Å². The van der Waals surface area contributed by atoms with Crippen molar-refractivity contribution < 1.29 is 4.79 Å². The van der Waals surface area contributed by atoms with E-state index >= 15 is 0 Å². The van der Waals surface area contributed by atoms with Crippen LogP contribution < -0.4 is 5.32 Å². The molecule has 1 saturated heterocycles. The van der Waals surface area contributed by atoms with Crippen LogP contribution in [0.3, 0.4) is 0 Å². The average Bonchev–Trinajstić information content (AvgIpc) is 2.95. The zero-order valence-corrected chi connectivity index (χ0v) is 21.5. The first kappa shape index (κ1) is 24.7. The quantitative estimate of drug-likeness (QED) is 0.390. The van der Waals surface area contributed by atoms with E-state index in [4.69, 9.17) is 4.98 Å². The molecular weight excluding hydrogens is 442 g/mol. The number of piperidine rings is 1. The van der Waals surface area contributed by atoms with Gasteiger partial charge in [0.05, 0.1) is 6.04 Å². The molecule has 1 aromatic heterocycles. The van der Waals surface area contributed by atoms with Crippen LogP contribution in [-0.4, -0.2) is 35.4 Å². The smallest absolute Gasteiger partial charge is 0.224 e. The number of hydrogen-bond donors (Lipinski definition) is 1. The molecule has 0 bridgehead atoms. The molecule has 36 heavy (non-hydrogen) atoms. The summed E-state index contributed by atoms with van der Waals surface area (Å²) in [6.07, 6.45) is 7.05. The van der Waals surface area contributed by atoms with Crippen molar-refractivity contribution in [3.05, 3.63) is 101 Å². The minimum absolute atomic E-state index is 0.140. The van der Waals surface area contributed by atoms with Gasteiger partial charge in [-0.2, -0.15) is 0 Å². The minimum Gasteiger partial charge on any atom is -0.336 e. The predicted octanol–water partition coefficient (Wildman–Crippen LogP) is 6.19. The molecule has 2 heterocycles. The van der Waals surface area contributed by atoms with Gasteiger partial charge in [-0.05, 0) is 73.1 Å². The number of benzene rings is 2. The van der Waals surface area contributed by atoms with E-state index in [0.29, 0.717) is 18.3 Å². The molecule has 5 rings (SSSR count). The van der Waals surface area contributed by atoms with Gasteiger partial charge in [-0.1, -0.05) is 73.7 Å². The number of nitrogens with one attached hydrogen (secondary N) is 1. The van der Waals surface area contributed by atoms with Crippen LogP contribution in [0, 0.1) is 0 Å². The third kappa shape index (κ3) is 5.70. The Bertz CT molecular complexity index is 1130. The first-order chi connectivity index (χ1) is 17.7. The fraction of sp³-hybridized carbons (Fsp3) is 0.438. The molecule has 4 nitrogen and oxygen atoms in total. The van der Waals surface area contributed by atoms with E-state index in [1.807, 2.05) is 0 Å². The van der Waals surface area contributed by atoms with Gasteiger partial charge in [0, 0.05) is 37.4 Å². The Balaban J connectivity index is 1.19. The number of likely N-dealkylation sites (tertiary alicyclic amines) is 1. The number of aromatic nitrogens is 1. The van der Waals surface area contributed by atoms with E-state index in [-0.39, 0.29) is 11.9 Å². The molecule has 188 valence electrons. The molecule has 1 N–H and O–H groups in total. The van der Waals surface area contributed by atoms with Crippen LogP contribution in [0.2, 0.25) is 0 Å². The van der Waals surface area contributed by atoms with Gasteiger partial charge in [-0.3, -0.25) is 9.78 Å². The zero-order chi connectivity index (χ0) is 24.7. The molecule has 1 aliphatic carbocycles. The second-order valence-electron chi connectivity index (χ2n) is 10.4. The Morgan fingerprint density at radius 2 is 1.72 bits per heavy atom. The third-order valence-electron chi connectivity index (χ3n) is 8.12. The number of amides is 1. The summed E-state index contributed by atoms with van der Waals surface area (Å²) in [6.45, 7) is 4.64. The second-order valence-corrected chi connectivity index (χ2v) is 10.4. The summed E-state index contributed by atoms with van der Waals surface area (Å²) in [5.41, 5.74) is 6.52. The van der Waals surface area contributed by atoms with E-state index in [1.165, 1.54) is 40.9 Å². The lowest BCUT2D eigenvalue weighted by Gasteiger charge is -2.40. The highest BCUT2D eigenvalue weighted by Crippen LogP contribution is 2.39. The predicted molar refractivity (Wildman–Crippen MR) is 146 cm³/mol. The molecule has 0 saturated carbocycles. The summed E-state index contributed by atoms with van der Waals surface area (Å²) in [4.78, 5) is 20.4. The van der Waals surface area contributed by atoms with Crippen LogP contribution >= 0.6 is 0 Å². The standard InChI is InChI=1S/C32H39N3O/c1-2-28-16-17-29-27(14-9-15-30(29)34-28)23-33-20-18-32(36)35-21-19-26(24-10-5-3-6-11-24)22-31(35)25-12-7-4-8-13-25/h3-8,10-13,16-17,26-27,31,33H,2,9,14-15,18-23H2,1H3/t26-,27+,31+/m0/s1. The maximum absolute atomic E-state index is 13.4.